The number of carbonyl (C=O) groups is 2. The minimum atomic E-state index is -0.526. The summed E-state index contributed by atoms with van der Waals surface area (Å²) in [5, 5.41) is 0. The predicted octanol–water partition coefficient (Wildman–Crippen LogP) is 1.78. The molecule has 1 aliphatic heterocycles. The summed E-state index contributed by atoms with van der Waals surface area (Å²) in [5.41, 5.74) is 4.34. The first-order chi connectivity index (χ1) is 8.47. The van der Waals surface area contributed by atoms with Crippen molar-refractivity contribution in [3.05, 3.63) is 0 Å². The second kappa shape index (κ2) is 4.90. The van der Waals surface area contributed by atoms with Gasteiger partial charge in [0, 0.05) is 13.1 Å². The molecule has 0 radical (unpaired) electrons. The quantitative estimate of drug-likeness (QED) is 0.729. The monoisotopic (exact) mass is 271 g/mol. The van der Waals surface area contributed by atoms with E-state index in [1.54, 1.807) is 9.80 Å². The van der Waals surface area contributed by atoms with Gasteiger partial charge in [0.15, 0.2) is 0 Å². The van der Waals surface area contributed by atoms with Crippen LogP contribution in [0, 0.1) is 0 Å². The van der Waals surface area contributed by atoms with E-state index >= 15 is 0 Å². The van der Waals surface area contributed by atoms with E-state index in [0.717, 1.165) is 0 Å². The molecule has 110 valence electrons. The predicted molar refractivity (Wildman–Crippen MR) is 72.8 cm³/mol. The van der Waals surface area contributed by atoms with Crippen molar-refractivity contribution < 1.29 is 14.3 Å². The molecular weight excluding hydrogens is 246 g/mol. The second-order valence-corrected chi connectivity index (χ2v) is 6.49. The zero-order valence-corrected chi connectivity index (χ0v) is 12.7. The number of urea groups is 1. The van der Waals surface area contributed by atoms with Gasteiger partial charge in [-0.2, -0.15) is 0 Å². The van der Waals surface area contributed by atoms with Gasteiger partial charge in [0.05, 0.1) is 11.6 Å². The average Bonchev–Trinajstić information content (AvgIpc) is 2.18. The molecule has 0 bridgehead atoms. The highest BCUT2D eigenvalue weighted by Gasteiger charge is 2.44. The number of rotatable bonds is 0. The Bertz CT molecular complexity index is 374. The summed E-state index contributed by atoms with van der Waals surface area (Å²) >= 11 is 0. The minimum absolute atomic E-state index is 0.163. The van der Waals surface area contributed by atoms with Crippen LogP contribution < -0.4 is 5.73 Å². The Morgan fingerprint density at radius 2 is 1.79 bits per heavy atom. The molecule has 19 heavy (non-hydrogen) atoms. The van der Waals surface area contributed by atoms with Crippen LogP contribution in [-0.2, 0) is 4.74 Å². The SMILES string of the molecule is CC1N(C(=O)OC(C)(C)C)CCN(C(N)=O)C1(C)C. The highest BCUT2D eigenvalue weighted by Crippen LogP contribution is 2.28. The highest BCUT2D eigenvalue weighted by molar-refractivity contribution is 5.74. The maximum Gasteiger partial charge on any atom is 0.410 e. The lowest BCUT2D eigenvalue weighted by molar-refractivity contribution is -0.0276. The van der Waals surface area contributed by atoms with Crippen molar-refractivity contribution in [2.24, 2.45) is 5.73 Å². The second-order valence-electron chi connectivity index (χ2n) is 6.49. The summed E-state index contributed by atoms with van der Waals surface area (Å²) in [7, 11) is 0. The molecule has 1 heterocycles. The van der Waals surface area contributed by atoms with Crippen molar-refractivity contribution in [2.45, 2.75) is 58.7 Å². The molecule has 0 aromatic rings. The van der Waals surface area contributed by atoms with Crippen molar-refractivity contribution >= 4 is 12.1 Å². The summed E-state index contributed by atoms with van der Waals surface area (Å²) in [6.45, 7) is 12.1. The Morgan fingerprint density at radius 3 is 2.21 bits per heavy atom. The fourth-order valence-corrected chi connectivity index (χ4v) is 2.26. The van der Waals surface area contributed by atoms with Gasteiger partial charge in [0.2, 0.25) is 0 Å². The number of amides is 3. The first-order valence-electron chi connectivity index (χ1n) is 6.53. The number of ether oxygens (including phenoxy) is 1. The van der Waals surface area contributed by atoms with Gasteiger partial charge in [-0.3, -0.25) is 0 Å². The normalized spacial score (nSPS) is 23.2. The van der Waals surface area contributed by atoms with Crippen LogP contribution in [0.5, 0.6) is 0 Å². The van der Waals surface area contributed by atoms with Crippen LogP contribution in [0.4, 0.5) is 9.59 Å². The van der Waals surface area contributed by atoms with Crippen LogP contribution in [0.3, 0.4) is 0 Å². The lowest BCUT2D eigenvalue weighted by Crippen LogP contribution is -2.68. The van der Waals surface area contributed by atoms with E-state index in [-0.39, 0.29) is 12.1 Å². The van der Waals surface area contributed by atoms with Gasteiger partial charge in [-0.1, -0.05) is 0 Å². The Morgan fingerprint density at radius 1 is 1.26 bits per heavy atom. The summed E-state index contributed by atoms with van der Waals surface area (Å²) in [6, 6.07) is -0.621. The summed E-state index contributed by atoms with van der Waals surface area (Å²) in [4.78, 5) is 26.8. The van der Waals surface area contributed by atoms with Crippen LogP contribution >= 0.6 is 0 Å². The number of hydrogen-bond acceptors (Lipinski definition) is 3. The third kappa shape index (κ3) is 3.30. The molecular formula is C13H25N3O3. The van der Waals surface area contributed by atoms with Crippen molar-refractivity contribution in [3.63, 3.8) is 0 Å². The van der Waals surface area contributed by atoms with E-state index in [0.29, 0.717) is 13.1 Å². The molecule has 1 saturated heterocycles. The van der Waals surface area contributed by atoms with Crippen LogP contribution in [0.25, 0.3) is 0 Å². The van der Waals surface area contributed by atoms with Crippen LogP contribution in [0.1, 0.15) is 41.5 Å². The lowest BCUT2D eigenvalue weighted by Gasteiger charge is -2.51. The van der Waals surface area contributed by atoms with Gasteiger partial charge in [0.25, 0.3) is 0 Å². The first kappa shape index (κ1) is 15.6. The fraction of sp³-hybridized carbons (Fsp3) is 0.846. The average molecular weight is 271 g/mol. The summed E-state index contributed by atoms with van der Waals surface area (Å²) < 4.78 is 5.39. The highest BCUT2D eigenvalue weighted by atomic mass is 16.6. The zero-order chi connectivity index (χ0) is 15.0. The van der Waals surface area contributed by atoms with Gasteiger partial charge in [0.1, 0.15) is 5.60 Å². The molecule has 1 atom stereocenters. The zero-order valence-electron chi connectivity index (χ0n) is 12.7. The fourth-order valence-electron chi connectivity index (χ4n) is 2.26. The van der Waals surface area contributed by atoms with Gasteiger partial charge in [-0.05, 0) is 41.5 Å². The third-order valence-electron chi connectivity index (χ3n) is 3.64. The molecule has 1 fully saturated rings. The molecule has 0 aromatic carbocycles. The lowest BCUT2D eigenvalue weighted by atomic mass is 9.90. The molecule has 0 saturated carbocycles. The standard InChI is InChI=1S/C13H25N3O3/c1-9-13(5,6)16(10(14)17)8-7-15(9)11(18)19-12(2,3)4/h9H,7-8H2,1-6H3,(H2,14,17). The first-order valence-corrected chi connectivity index (χ1v) is 6.53. The van der Waals surface area contributed by atoms with E-state index in [2.05, 4.69) is 0 Å². The van der Waals surface area contributed by atoms with E-state index in [1.807, 2.05) is 41.5 Å². The number of nitrogens with zero attached hydrogens (tertiary/aromatic N) is 2. The van der Waals surface area contributed by atoms with Crippen LogP contribution in [-0.4, -0.2) is 52.2 Å². The van der Waals surface area contributed by atoms with Crippen molar-refractivity contribution in [1.29, 1.82) is 0 Å². The number of carbonyl (C=O) groups excluding carboxylic acids is 2. The molecule has 2 N–H and O–H groups in total. The summed E-state index contributed by atoms with van der Waals surface area (Å²) in [5.74, 6) is 0. The van der Waals surface area contributed by atoms with E-state index < -0.39 is 17.2 Å². The van der Waals surface area contributed by atoms with Crippen LogP contribution in [0.2, 0.25) is 0 Å². The Kier molecular flexibility index (Phi) is 4.03. The molecule has 3 amide bonds. The molecule has 6 nitrogen and oxygen atoms in total. The van der Waals surface area contributed by atoms with Gasteiger partial charge < -0.3 is 20.3 Å². The molecule has 0 aromatic heterocycles. The Hall–Kier alpha value is -1.46. The Labute approximate surface area is 114 Å². The van der Waals surface area contributed by atoms with Crippen molar-refractivity contribution in [3.8, 4) is 0 Å². The molecule has 6 heteroatoms. The molecule has 1 unspecified atom stereocenters. The number of piperazine rings is 1. The largest absolute Gasteiger partial charge is 0.444 e. The van der Waals surface area contributed by atoms with E-state index in [9.17, 15) is 9.59 Å². The molecule has 1 rings (SSSR count). The number of primary amides is 1. The molecule has 0 aliphatic carbocycles. The Balaban J connectivity index is 2.86. The molecule has 0 spiro atoms. The van der Waals surface area contributed by atoms with Gasteiger partial charge >= 0.3 is 12.1 Å². The van der Waals surface area contributed by atoms with E-state index in [4.69, 9.17) is 10.5 Å². The van der Waals surface area contributed by atoms with Gasteiger partial charge in [-0.25, -0.2) is 9.59 Å². The molecule has 1 aliphatic rings. The van der Waals surface area contributed by atoms with Crippen LogP contribution in [0.15, 0.2) is 0 Å². The van der Waals surface area contributed by atoms with E-state index in [1.165, 1.54) is 0 Å². The maximum absolute atomic E-state index is 12.2. The third-order valence-corrected chi connectivity index (χ3v) is 3.64. The maximum atomic E-state index is 12.2. The summed E-state index contributed by atoms with van der Waals surface area (Å²) in [6.07, 6.45) is -0.350. The number of nitrogens with two attached hydrogens (primary N) is 1. The van der Waals surface area contributed by atoms with Crippen molar-refractivity contribution in [1.82, 2.24) is 9.80 Å². The van der Waals surface area contributed by atoms with Crippen molar-refractivity contribution in [2.75, 3.05) is 13.1 Å². The number of hydrogen-bond donors (Lipinski definition) is 1. The van der Waals surface area contributed by atoms with Gasteiger partial charge in [-0.15, -0.1) is 0 Å². The topological polar surface area (TPSA) is 75.9 Å². The smallest absolute Gasteiger partial charge is 0.410 e. The minimum Gasteiger partial charge on any atom is -0.444 e.